The van der Waals surface area contributed by atoms with Gasteiger partial charge in [0.25, 0.3) is 0 Å². The Labute approximate surface area is 130 Å². The molecule has 1 aliphatic carbocycles. The zero-order valence-electron chi connectivity index (χ0n) is 13.3. The number of nitrogens with zero attached hydrogens (tertiary/aromatic N) is 5. The first-order valence-corrected chi connectivity index (χ1v) is 8.29. The molecule has 118 valence electrons. The lowest BCUT2D eigenvalue weighted by molar-refractivity contribution is 0.229. The predicted octanol–water partition coefficient (Wildman–Crippen LogP) is 2.60. The molecule has 0 aromatic carbocycles. The average Bonchev–Trinajstić information content (AvgIpc) is 2.93. The first-order chi connectivity index (χ1) is 10.7. The zero-order valence-corrected chi connectivity index (χ0v) is 13.3. The highest BCUT2D eigenvalue weighted by Gasteiger charge is 2.34. The van der Waals surface area contributed by atoms with E-state index in [0.29, 0.717) is 12.0 Å². The van der Waals surface area contributed by atoms with Crippen LogP contribution >= 0.6 is 0 Å². The molecule has 22 heavy (non-hydrogen) atoms. The third-order valence-electron chi connectivity index (χ3n) is 4.75. The Kier molecular flexibility index (Phi) is 3.48. The Hall–Kier alpha value is -1.69. The van der Waals surface area contributed by atoms with Crippen molar-refractivity contribution >= 4 is 0 Å². The molecular formula is C16H23N5O. The minimum absolute atomic E-state index is 0.313. The molecule has 6 heteroatoms. The predicted molar refractivity (Wildman–Crippen MR) is 81.5 cm³/mol. The van der Waals surface area contributed by atoms with Crippen LogP contribution in [0.2, 0.25) is 0 Å². The van der Waals surface area contributed by atoms with Crippen LogP contribution in [0.4, 0.5) is 0 Å². The van der Waals surface area contributed by atoms with E-state index in [1.807, 2.05) is 6.92 Å². The maximum atomic E-state index is 5.43. The maximum absolute atomic E-state index is 5.43. The van der Waals surface area contributed by atoms with Gasteiger partial charge in [-0.15, -0.1) is 0 Å². The second-order valence-corrected chi connectivity index (χ2v) is 6.61. The van der Waals surface area contributed by atoms with Crippen molar-refractivity contribution in [2.75, 3.05) is 13.1 Å². The van der Waals surface area contributed by atoms with Gasteiger partial charge in [-0.25, -0.2) is 0 Å². The van der Waals surface area contributed by atoms with Crippen LogP contribution in [0, 0.1) is 13.8 Å². The molecule has 0 radical (unpaired) electrons. The van der Waals surface area contributed by atoms with E-state index in [4.69, 9.17) is 4.52 Å². The summed E-state index contributed by atoms with van der Waals surface area (Å²) >= 11 is 0. The Morgan fingerprint density at radius 2 is 2.09 bits per heavy atom. The molecule has 2 aromatic rings. The van der Waals surface area contributed by atoms with Crippen molar-refractivity contribution in [3.8, 4) is 0 Å². The summed E-state index contributed by atoms with van der Waals surface area (Å²) in [5, 5.41) is 8.78. The van der Waals surface area contributed by atoms with Gasteiger partial charge in [-0.05, 0) is 52.1 Å². The fourth-order valence-electron chi connectivity index (χ4n) is 3.39. The van der Waals surface area contributed by atoms with Gasteiger partial charge in [0.2, 0.25) is 5.89 Å². The Morgan fingerprint density at radius 3 is 2.82 bits per heavy atom. The van der Waals surface area contributed by atoms with Crippen LogP contribution in [0.5, 0.6) is 0 Å². The molecule has 2 aromatic heterocycles. The van der Waals surface area contributed by atoms with Gasteiger partial charge in [0.15, 0.2) is 5.82 Å². The van der Waals surface area contributed by atoms with E-state index in [0.717, 1.165) is 43.5 Å². The Balaban J connectivity index is 1.42. The van der Waals surface area contributed by atoms with Crippen molar-refractivity contribution in [2.24, 2.45) is 0 Å². The van der Waals surface area contributed by atoms with Crippen LogP contribution in [-0.4, -0.2) is 37.9 Å². The van der Waals surface area contributed by atoms with E-state index >= 15 is 0 Å². The van der Waals surface area contributed by atoms with Gasteiger partial charge in [-0.1, -0.05) is 5.16 Å². The molecule has 4 rings (SSSR count). The van der Waals surface area contributed by atoms with Crippen LogP contribution in [0.3, 0.4) is 0 Å². The number of aromatic nitrogens is 4. The molecule has 0 spiro atoms. The Bertz CT molecular complexity index is 657. The summed E-state index contributed by atoms with van der Waals surface area (Å²) in [6.07, 6.45) is 4.73. The lowest BCUT2D eigenvalue weighted by atomic mass is 10.2. The molecule has 1 saturated heterocycles. The van der Waals surface area contributed by atoms with Crippen molar-refractivity contribution in [1.82, 2.24) is 24.8 Å². The molecule has 1 aliphatic heterocycles. The average molecular weight is 301 g/mol. The third-order valence-corrected chi connectivity index (χ3v) is 4.75. The normalized spacial score (nSPS) is 22.5. The SMILES string of the molecule is Cc1cc(C)n(CCN2CCCC2c2noc(C3CC3)n2)n1. The van der Waals surface area contributed by atoms with Gasteiger partial charge in [-0.2, -0.15) is 10.1 Å². The topological polar surface area (TPSA) is 60.0 Å². The molecule has 0 amide bonds. The lowest BCUT2D eigenvalue weighted by Crippen LogP contribution is -2.28. The fourth-order valence-corrected chi connectivity index (χ4v) is 3.39. The van der Waals surface area contributed by atoms with E-state index in [1.165, 1.54) is 25.0 Å². The summed E-state index contributed by atoms with van der Waals surface area (Å²) in [5.41, 5.74) is 2.31. The van der Waals surface area contributed by atoms with E-state index in [1.54, 1.807) is 0 Å². The molecular weight excluding hydrogens is 278 g/mol. The van der Waals surface area contributed by atoms with Crippen LogP contribution < -0.4 is 0 Å². The van der Waals surface area contributed by atoms with E-state index in [9.17, 15) is 0 Å². The van der Waals surface area contributed by atoms with Crippen LogP contribution in [0.25, 0.3) is 0 Å². The summed E-state index contributed by atoms with van der Waals surface area (Å²) in [7, 11) is 0. The summed E-state index contributed by atoms with van der Waals surface area (Å²) < 4.78 is 7.52. The van der Waals surface area contributed by atoms with Gasteiger partial charge in [0.1, 0.15) is 0 Å². The second kappa shape index (κ2) is 5.50. The van der Waals surface area contributed by atoms with Crippen molar-refractivity contribution in [3.05, 3.63) is 29.2 Å². The molecule has 2 aliphatic rings. The number of likely N-dealkylation sites (tertiary alicyclic amines) is 1. The lowest BCUT2D eigenvalue weighted by Gasteiger charge is -2.21. The van der Waals surface area contributed by atoms with Crippen molar-refractivity contribution in [1.29, 1.82) is 0 Å². The highest BCUT2D eigenvalue weighted by atomic mass is 16.5. The molecule has 1 saturated carbocycles. The summed E-state index contributed by atoms with van der Waals surface area (Å²) in [4.78, 5) is 7.11. The minimum atomic E-state index is 0.313. The van der Waals surface area contributed by atoms with Crippen molar-refractivity contribution in [2.45, 2.75) is 58.0 Å². The van der Waals surface area contributed by atoms with Crippen LogP contribution in [0.15, 0.2) is 10.6 Å². The molecule has 2 fully saturated rings. The molecule has 0 bridgehead atoms. The van der Waals surface area contributed by atoms with Crippen LogP contribution in [0.1, 0.15) is 60.7 Å². The minimum Gasteiger partial charge on any atom is -0.339 e. The van der Waals surface area contributed by atoms with Crippen LogP contribution in [-0.2, 0) is 6.54 Å². The number of hydrogen-bond donors (Lipinski definition) is 0. The summed E-state index contributed by atoms with van der Waals surface area (Å²) in [6.45, 7) is 7.17. The first-order valence-electron chi connectivity index (χ1n) is 8.29. The maximum Gasteiger partial charge on any atom is 0.229 e. The van der Waals surface area contributed by atoms with Gasteiger partial charge in [-0.3, -0.25) is 9.58 Å². The fraction of sp³-hybridized carbons (Fsp3) is 0.688. The third kappa shape index (κ3) is 2.67. The summed E-state index contributed by atoms with van der Waals surface area (Å²) in [6, 6.07) is 2.44. The van der Waals surface area contributed by atoms with Crippen molar-refractivity contribution < 1.29 is 4.52 Å². The number of rotatable bonds is 5. The summed E-state index contributed by atoms with van der Waals surface area (Å²) in [5.74, 6) is 2.26. The quantitative estimate of drug-likeness (QED) is 0.849. The number of aryl methyl sites for hydroxylation is 2. The van der Waals surface area contributed by atoms with Crippen molar-refractivity contribution in [3.63, 3.8) is 0 Å². The monoisotopic (exact) mass is 301 g/mol. The van der Waals surface area contributed by atoms with Gasteiger partial charge in [0, 0.05) is 18.2 Å². The molecule has 6 nitrogen and oxygen atoms in total. The van der Waals surface area contributed by atoms with Gasteiger partial charge < -0.3 is 4.52 Å². The molecule has 1 unspecified atom stereocenters. The first kappa shape index (κ1) is 13.9. The van der Waals surface area contributed by atoms with E-state index < -0.39 is 0 Å². The zero-order chi connectivity index (χ0) is 15.1. The second-order valence-electron chi connectivity index (χ2n) is 6.61. The largest absolute Gasteiger partial charge is 0.339 e. The van der Waals surface area contributed by atoms with E-state index in [-0.39, 0.29) is 0 Å². The highest BCUT2D eigenvalue weighted by Crippen LogP contribution is 2.40. The molecule has 3 heterocycles. The van der Waals surface area contributed by atoms with E-state index in [2.05, 4.69) is 37.8 Å². The molecule has 1 atom stereocenters. The van der Waals surface area contributed by atoms with Gasteiger partial charge >= 0.3 is 0 Å². The number of hydrogen-bond acceptors (Lipinski definition) is 5. The standard InChI is InChI=1S/C16H23N5O/c1-11-10-12(2)21(18-11)9-8-20-7-3-4-14(20)15-17-16(22-19-15)13-5-6-13/h10,13-14H,3-9H2,1-2H3. The Morgan fingerprint density at radius 1 is 1.23 bits per heavy atom. The molecule has 0 N–H and O–H groups in total. The highest BCUT2D eigenvalue weighted by molar-refractivity contribution is 5.07. The smallest absolute Gasteiger partial charge is 0.229 e. The van der Waals surface area contributed by atoms with Gasteiger partial charge in [0.05, 0.1) is 18.3 Å².